The normalized spacial score (nSPS) is 22.8. The summed E-state index contributed by atoms with van der Waals surface area (Å²) in [5.74, 6) is 0. The van der Waals surface area contributed by atoms with Crippen LogP contribution in [0.15, 0.2) is 12.4 Å². The Labute approximate surface area is 152 Å². The van der Waals surface area contributed by atoms with Crippen LogP contribution in [0.4, 0.5) is 4.79 Å². The summed E-state index contributed by atoms with van der Waals surface area (Å²) < 4.78 is 13.5. The first kappa shape index (κ1) is 16.7. The van der Waals surface area contributed by atoms with Crippen LogP contribution < -0.4 is 0 Å². The smallest absolute Gasteiger partial charge is 0.410 e. The van der Waals surface area contributed by atoms with Crippen LogP contribution in [-0.2, 0) is 21.7 Å². The number of likely N-dealkylation sites (tertiary alicyclic amines) is 1. The van der Waals surface area contributed by atoms with Crippen LogP contribution in [0, 0.1) is 6.92 Å². The number of pyridine rings is 1. The molecule has 0 bridgehead atoms. The van der Waals surface area contributed by atoms with Crippen molar-refractivity contribution in [1.82, 2.24) is 13.9 Å². The number of rotatable bonds is 0. The van der Waals surface area contributed by atoms with Crippen LogP contribution in [0.25, 0.3) is 11.0 Å². The van der Waals surface area contributed by atoms with E-state index < -0.39 is 11.2 Å². The fourth-order valence-electron chi connectivity index (χ4n) is 3.90. The number of aromatic nitrogens is 2. The van der Waals surface area contributed by atoms with Gasteiger partial charge in [-0.2, -0.15) is 0 Å². The summed E-state index contributed by atoms with van der Waals surface area (Å²) >= 11 is 4.47. The highest BCUT2D eigenvalue weighted by atomic mass is 32.1. The molecule has 25 heavy (non-hydrogen) atoms. The molecule has 1 fully saturated rings. The predicted octanol–water partition coefficient (Wildman–Crippen LogP) is 3.40. The third-order valence-corrected chi connectivity index (χ3v) is 5.21. The number of carbonyl (C=O) groups is 1. The molecular weight excluding hydrogens is 338 g/mol. The zero-order chi connectivity index (χ0) is 18.0. The van der Waals surface area contributed by atoms with E-state index in [1.54, 1.807) is 8.87 Å². The molecule has 2 aliphatic heterocycles. The van der Waals surface area contributed by atoms with Crippen molar-refractivity contribution in [2.45, 2.75) is 51.9 Å². The van der Waals surface area contributed by atoms with E-state index in [2.05, 4.69) is 24.7 Å². The molecule has 4 heterocycles. The van der Waals surface area contributed by atoms with E-state index in [4.69, 9.17) is 9.47 Å². The first-order chi connectivity index (χ1) is 11.7. The van der Waals surface area contributed by atoms with Crippen LogP contribution in [0.2, 0.25) is 0 Å². The molecule has 2 aromatic rings. The molecule has 4 rings (SSSR count). The van der Waals surface area contributed by atoms with Crippen LogP contribution in [0.5, 0.6) is 0 Å². The molecule has 0 aliphatic carbocycles. The van der Waals surface area contributed by atoms with Gasteiger partial charge in [0, 0.05) is 41.9 Å². The van der Waals surface area contributed by atoms with E-state index in [0.717, 1.165) is 34.1 Å². The summed E-state index contributed by atoms with van der Waals surface area (Å²) in [6, 6.07) is 0. The van der Waals surface area contributed by atoms with Crippen LogP contribution in [-0.4, -0.2) is 38.6 Å². The summed E-state index contributed by atoms with van der Waals surface area (Å²) in [7, 11) is 0. The lowest BCUT2D eigenvalue weighted by Gasteiger charge is -2.27. The summed E-state index contributed by atoms with van der Waals surface area (Å²) in [5.41, 5.74) is 3.23. The summed E-state index contributed by atoms with van der Waals surface area (Å²) in [6.45, 7) is 9.36. The largest absolute Gasteiger partial charge is 0.444 e. The molecule has 134 valence electrons. The number of ether oxygens (including phenoxy) is 2. The van der Waals surface area contributed by atoms with Crippen molar-refractivity contribution in [3.63, 3.8) is 0 Å². The third-order valence-electron chi connectivity index (χ3n) is 4.91. The molecule has 1 spiro atoms. The van der Waals surface area contributed by atoms with Gasteiger partial charge in [-0.25, -0.2) is 9.78 Å². The molecule has 7 heteroatoms. The van der Waals surface area contributed by atoms with E-state index >= 15 is 0 Å². The Balaban J connectivity index is 1.72. The minimum absolute atomic E-state index is 0.282. The van der Waals surface area contributed by atoms with E-state index in [1.165, 1.54) is 0 Å². The summed E-state index contributed by atoms with van der Waals surface area (Å²) in [6.07, 6.45) is 4.31. The number of hydrogen-bond acceptors (Lipinski definition) is 5. The van der Waals surface area contributed by atoms with Gasteiger partial charge in [0.15, 0.2) is 0 Å². The van der Waals surface area contributed by atoms with Gasteiger partial charge in [0.2, 0.25) is 0 Å². The van der Waals surface area contributed by atoms with Crippen molar-refractivity contribution < 1.29 is 14.3 Å². The molecular formula is C18H23N3O3S. The van der Waals surface area contributed by atoms with Gasteiger partial charge < -0.3 is 14.4 Å². The highest BCUT2D eigenvalue weighted by Gasteiger charge is 2.49. The van der Waals surface area contributed by atoms with Crippen molar-refractivity contribution in [3.05, 3.63) is 29.1 Å². The highest BCUT2D eigenvalue weighted by molar-refractivity contribution is 7.78. The van der Waals surface area contributed by atoms with Crippen molar-refractivity contribution in [2.24, 2.45) is 0 Å². The van der Waals surface area contributed by atoms with Gasteiger partial charge in [0.25, 0.3) is 0 Å². The second-order valence-corrected chi connectivity index (χ2v) is 8.38. The Morgan fingerprint density at radius 1 is 1.44 bits per heavy atom. The average molecular weight is 361 g/mol. The first-order valence-corrected chi connectivity index (χ1v) is 8.91. The van der Waals surface area contributed by atoms with Crippen molar-refractivity contribution in [3.8, 4) is 0 Å². The minimum atomic E-state index is -0.502. The molecule has 0 aromatic carbocycles. The van der Waals surface area contributed by atoms with Crippen LogP contribution in [0.3, 0.4) is 0 Å². The maximum absolute atomic E-state index is 12.5. The summed E-state index contributed by atoms with van der Waals surface area (Å²) in [5, 5.41) is 1.09. The molecule has 2 aliphatic rings. The second kappa shape index (κ2) is 5.38. The average Bonchev–Trinajstić information content (AvgIpc) is 3.17. The van der Waals surface area contributed by atoms with Gasteiger partial charge in [0.1, 0.15) is 16.8 Å². The van der Waals surface area contributed by atoms with E-state index in [1.807, 2.05) is 33.2 Å². The molecule has 6 nitrogen and oxygen atoms in total. The molecule has 1 atom stereocenters. The topological polar surface area (TPSA) is 56.6 Å². The minimum Gasteiger partial charge on any atom is -0.444 e. The number of carbonyl (C=O) groups excluding carboxylic acids is 1. The monoisotopic (exact) mass is 361 g/mol. The molecule has 1 saturated heterocycles. The van der Waals surface area contributed by atoms with Crippen molar-refractivity contribution in [1.29, 1.82) is 0 Å². The summed E-state index contributed by atoms with van der Waals surface area (Å²) in [4.78, 5) is 18.7. The Hall–Kier alpha value is -1.73. The zero-order valence-electron chi connectivity index (χ0n) is 15.0. The Morgan fingerprint density at radius 3 is 2.92 bits per heavy atom. The molecule has 0 N–H and O–H groups in total. The lowest BCUT2D eigenvalue weighted by Crippen LogP contribution is -2.38. The Bertz CT molecular complexity index is 871. The number of amides is 1. The van der Waals surface area contributed by atoms with Crippen LogP contribution in [0.1, 0.15) is 43.9 Å². The quantitative estimate of drug-likeness (QED) is 0.731. The van der Waals surface area contributed by atoms with Crippen molar-refractivity contribution >= 4 is 29.9 Å². The maximum Gasteiger partial charge on any atom is 0.410 e. The van der Waals surface area contributed by atoms with Crippen LogP contribution >= 0.6 is 12.8 Å². The van der Waals surface area contributed by atoms with Gasteiger partial charge in [-0.05, 0) is 33.3 Å². The van der Waals surface area contributed by atoms with E-state index in [-0.39, 0.29) is 6.09 Å². The van der Waals surface area contributed by atoms with Gasteiger partial charge in [0.05, 0.1) is 13.2 Å². The zero-order valence-corrected chi connectivity index (χ0v) is 15.9. The number of fused-ring (bicyclic) bond motifs is 4. The van der Waals surface area contributed by atoms with Gasteiger partial charge in [-0.3, -0.25) is 3.97 Å². The van der Waals surface area contributed by atoms with Crippen molar-refractivity contribution in [2.75, 3.05) is 13.1 Å². The Morgan fingerprint density at radius 2 is 2.20 bits per heavy atom. The maximum atomic E-state index is 12.5. The molecule has 1 amide bonds. The number of hydrogen-bond donors (Lipinski definition) is 1. The fourth-order valence-corrected chi connectivity index (χ4v) is 4.23. The first-order valence-electron chi connectivity index (χ1n) is 8.51. The fraction of sp³-hybridized carbons (Fsp3) is 0.556. The number of thiol groups is 1. The van der Waals surface area contributed by atoms with Gasteiger partial charge >= 0.3 is 6.09 Å². The Kier molecular flexibility index (Phi) is 3.60. The lowest BCUT2D eigenvalue weighted by atomic mass is 9.89. The number of aryl methyl sites for hydroxylation is 1. The second-order valence-electron chi connectivity index (χ2n) is 7.95. The molecule has 2 aromatic heterocycles. The molecule has 1 unspecified atom stereocenters. The predicted molar refractivity (Wildman–Crippen MR) is 97.7 cm³/mol. The van der Waals surface area contributed by atoms with Gasteiger partial charge in [-0.15, -0.1) is 0 Å². The lowest BCUT2D eigenvalue weighted by molar-refractivity contribution is -0.0320. The molecule has 0 saturated carbocycles. The van der Waals surface area contributed by atoms with E-state index in [0.29, 0.717) is 19.7 Å². The SMILES string of the molecule is Cc1cn(S)c2ncc3c(c12)C1(CCN(C(=O)OC(C)(C)C)C1)OC3. The third kappa shape index (κ3) is 2.60. The highest BCUT2D eigenvalue weighted by Crippen LogP contribution is 2.47. The molecule has 0 radical (unpaired) electrons. The van der Waals surface area contributed by atoms with Gasteiger partial charge in [-0.1, -0.05) is 12.8 Å². The standard InChI is InChI=1S/C18H23N3O3S/c1-11-8-21(25)15-13(11)14-12(7-19-15)9-23-18(14)5-6-20(10-18)16(22)24-17(2,3)4/h7-8,25H,5-6,9-10H2,1-4H3. The van der Waals surface area contributed by atoms with E-state index in [9.17, 15) is 4.79 Å². The number of nitrogens with zero attached hydrogens (tertiary/aromatic N) is 3.